The van der Waals surface area contributed by atoms with Crippen LogP contribution in [0.3, 0.4) is 0 Å². The second kappa shape index (κ2) is 6.56. The van der Waals surface area contributed by atoms with Gasteiger partial charge in [-0.05, 0) is 30.5 Å². The molecule has 2 rings (SSSR count). The summed E-state index contributed by atoms with van der Waals surface area (Å²) in [5.74, 6) is -0.446. The van der Waals surface area contributed by atoms with E-state index in [1.165, 1.54) is 6.07 Å². The van der Waals surface area contributed by atoms with Crippen molar-refractivity contribution in [1.29, 1.82) is 0 Å². The van der Waals surface area contributed by atoms with Crippen molar-refractivity contribution in [3.05, 3.63) is 70.0 Å². The smallest absolute Gasteiger partial charge is 0.145 e. The molecule has 4 heteroatoms. The Morgan fingerprint density at radius 2 is 1.95 bits per heavy atom. The number of halogens is 2. The highest BCUT2D eigenvalue weighted by atomic mass is 35.5. The van der Waals surface area contributed by atoms with Crippen molar-refractivity contribution in [1.82, 2.24) is 0 Å². The van der Waals surface area contributed by atoms with Crippen LogP contribution in [0.25, 0.3) is 0 Å². The third-order valence-corrected chi connectivity index (χ3v) is 4.18. The molecule has 0 aliphatic carbocycles. The number of aliphatic hydroxyl groups is 1. The minimum absolute atomic E-state index is 0.0839. The molecule has 21 heavy (non-hydrogen) atoms. The molecule has 0 radical (unpaired) electrons. The summed E-state index contributed by atoms with van der Waals surface area (Å²) in [6.07, 6.45) is 0.301. The van der Waals surface area contributed by atoms with Gasteiger partial charge in [-0.15, -0.1) is 0 Å². The van der Waals surface area contributed by atoms with Gasteiger partial charge in [0.1, 0.15) is 5.82 Å². The quantitative estimate of drug-likeness (QED) is 0.891. The number of nitrogens with two attached hydrogens (primary N) is 1. The Morgan fingerprint density at radius 3 is 2.57 bits per heavy atom. The van der Waals surface area contributed by atoms with E-state index in [9.17, 15) is 9.50 Å². The molecule has 2 nitrogen and oxygen atoms in total. The maximum atomic E-state index is 14.1. The zero-order valence-electron chi connectivity index (χ0n) is 11.9. The average Bonchev–Trinajstić information content (AvgIpc) is 2.49. The lowest BCUT2D eigenvalue weighted by molar-refractivity contribution is 0.195. The van der Waals surface area contributed by atoms with Crippen molar-refractivity contribution in [3.8, 4) is 0 Å². The van der Waals surface area contributed by atoms with Gasteiger partial charge in [0.25, 0.3) is 0 Å². The monoisotopic (exact) mass is 307 g/mol. The summed E-state index contributed by atoms with van der Waals surface area (Å²) >= 11 is 5.83. The first-order valence-electron chi connectivity index (χ1n) is 6.83. The van der Waals surface area contributed by atoms with Gasteiger partial charge < -0.3 is 10.8 Å². The van der Waals surface area contributed by atoms with Crippen LogP contribution in [0.2, 0.25) is 5.02 Å². The molecule has 0 spiro atoms. The zero-order chi connectivity index (χ0) is 15.5. The molecule has 0 fully saturated rings. The van der Waals surface area contributed by atoms with Crippen LogP contribution in [0.15, 0.2) is 42.5 Å². The minimum Gasteiger partial charge on any atom is -0.395 e. The summed E-state index contributed by atoms with van der Waals surface area (Å²) in [7, 11) is 0. The van der Waals surface area contributed by atoms with Crippen LogP contribution in [0, 0.1) is 12.7 Å². The molecule has 2 aromatic rings. The van der Waals surface area contributed by atoms with Crippen molar-refractivity contribution in [2.75, 3.05) is 13.2 Å². The molecule has 1 unspecified atom stereocenters. The summed E-state index contributed by atoms with van der Waals surface area (Å²) in [6.45, 7) is 2.04. The lowest BCUT2D eigenvalue weighted by atomic mass is 9.75. The Labute approximate surface area is 129 Å². The highest BCUT2D eigenvalue weighted by molar-refractivity contribution is 6.30. The molecule has 2 aromatic carbocycles. The molecule has 3 N–H and O–H groups in total. The van der Waals surface area contributed by atoms with Gasteiger partial charge in [-0.1, -0.05) is 53.6 Å². The van der Waals surface area contributed by atoms with E-state index < -0.39 is 11.2 Å². The zero-order valence-corrected chi connectivity index (χ0v) is 12.7. The Morgan fingerprint density at radius 1 is 1.24 bits per heavy atom. The standard InChI is InChI=1S/C17H19ClFNO/c1-12-4-2-6-14(8-12)17(10-20,11-21)9-13-5-3-7-15(18)16(13)19/h2-8,21H,9-11,20H2,1H3. The van der Waals surface area contributed by atoms with E-state index in [-0.39, 0.29) is 18.2 Å². The molecule has 0 bridgehead atoms. The largest absolute Gasteiger partial charge is 0.395 e. The maximum absolute atomic E-state index is 14.1. The van der Waals surface area contributed by atoms with E-state index in [1.807, 2.05) is 31.2 Å². The first-order chi connectivity index (χ1) is 10.0. The van der Waals surface area contributed by atoms with Gasteiger partial charge in [-0.3, -0.25) is 0 Å². The van der Waals surface area contributed by atoms with Gasteiger partial charge in [0.05, 0.1) is 11.6 Å². The summed E-state index contributed by atoms with van der Waals surface area (Å²) < 4.78 is 14.1. The Bertz CT molecular complexity index is 626. The Kier molecular flexibility index (Phi) is 4.99. The van der Waals surface area contributed by atoms with Crippen molar-refractivity contribution in [3.63, 3.8) is 0 Å². The first-order valence-corrected chi connectivity index (χ1v) is 7.21. The molecular weight excluding hydrogens is 289 g/mol. The van der Waals surface area contributed by atoms with Crippen molar-refractivity contribution in [2.45, 2.75) is 18.8 Å². The van der Waals surface area contributed by atoms with Crippen LogP contribution in [0.1, 0.15) is 16.7 Å². The van der Waals surface area contributed by atoms with Crippen LogP contribution in [-0.4, -0.2) is 18.3 Å². The van der Waals surface area contributed by atoms with Crippen molar-refractivity contribution >= 4 is 11.6 Å². The number of hydrogen-bond acceptors (Lipinski definition) is 2. The van der Waals surface area contributed by atoms with E-state index in [0.717, 1.165) is 11.1 Å². The number of hydrogen-bond donors (Lipinski definition) is 2. The molecule has 112 valence electrons. The highest BCUT2D eigenvalue weighted by Gasteiger charge is 2.31. The highest BCUT2D eigenvalue weighted by Crippen LogP contribution is 2.30. The number of rotatable bonds is 5. The Balaban J connectivity index is 2.45. The lowest BCUT2D eigenvalue weighted by Crippen LogP contribution is -2.41. The molecule has 0 aliphatic heterocycles. The molecule has 0 heterocycles. The van der Waals surface area contributed by atoms with Gasteiger partial charge in [-0.2, -0.15) is 0 Å². The second-order valence-corrected chi connectivity index (χ2v) is 5.81. The predicted molar refractivity (Wildman–Crippen MR) is 84.1 cm³/mol. The van der Waals surface area contributed by atoms with Crippen LogP contribution < -0.4 is 5.73 Å². The van der Waals surface area contributed by atoms with Crippen LogP contribution in [0.4, 0.5) is 4.39 Å². The fourth-order valence-corrected chi connectivity index (χ4v) is 2.72. The topological polar surface area (TPSA) is 46.2 Å². The third kappa shape index (κ3) is 3.26. The molecule has 1 atom stereocenters. The van der Waals surface area contributed by atoms with Gasteiger partial charge in [-0.25, -0.2) is 4.39 Å². The number of aliphatic hydroxyl groups excluding tert-OH is 1. The second-order valence-electron chi connectivity index (χ2n) is 5.40. The number of benzene rings is 2. The molecule has 0 saturated heterocycles. The van der Waals surface area contributed by atoms with Gasteiger partial charge in [0.15, 0.2) is 0 Å². The average molecular weight is 308 g/mol. The van der Waals surface area contributed by atoms with Gasteiger partial charge in [0.2, 0.25) is 0 Å². The van der Waals surface area contributed by atoms with E-state index in [0.29, 0.717) is 12.0 Å². The predicted octanol–water partition coefficient (Wildman–Crippen LogP) is 3.22. The molecule has 0 saturated carbocycles. The third-order valence-electron chi connectivity index (χ3n) is 3.88. The summed E-state index contributed by atoms with van der Waals surface area (Å²) in [4.78, 5) is 0. The summed E-state index contributed by atoms with van der Waals surface area (Å²) in [5.41, 5.74) is 7.66. The summed E-state index contributed by atoms with van der Waals surface area (Å²) in [5, 5.41) is 9.99. The van der Waals surface area contributed by atoms with Crippen molar-refractivity contribution in [2.24, 2.45) is 5.73 Å². The fraction of sp³-hybridized carbons (Fsp3) is 0.294. The van der Waals surface area contributed by atoms with E-state index in [2.05, 4.69) is 0 Å². The molecular formula is C17H19ClFNO. The number of aryl methyl sites for hydroxylation is 1. The molecule has 0 aliphatic rings. The van der Waals surface area contributed by atoms with E-state index in [4.69, 9.17) is 17.3 Å². The van der Waals surface area contributed by atoms with E-state index >= 15 is 0 Å². The normalized spacial score (nSPS) is 14.0. The first kappa shape index (κ1) is 16.0. The Hall–Kier alpha value is -1.42. The molecule has 0 aromatic heterocycles. The summed E-state index contributed by atoms with van der Waals surface area (Å²) in [6, 6.07) is 12.7. The SMILES string of the molecule is Cc1cccc(C(CN)(CO)Cc2cccc(Cl)c2F)c1. The van der Waals surface area contributed by atoms with E-state index in [1.54, 1.807) is 12.1 Å². The van der Waals surface area contributed by atoms with Crippen molar-refractivity contribution < 1.29 is 9.50 Å². The molecule has 0 amide bonds. The van der Waals surface area contributed by atoms with Gasteiger partial charge in [0, 0.05) is 12.0 Å². The van der Waals surface area contributed by atoms with Crippen LogP contribution >= 0.6 is 11.6 Å². The van der Waals surface area contributed by atoms with Crippen LogP contribution in [0.5, 0.6) is 0 Å². The van der Waals surface area contributed by atoms with Crippen LogP contribution in [-0.2, 0) is 11.8 Å². The van der Waals surface area contributed by atoms with Gasteiger partial charge >= 0.3 is 0 Å². The minimum atomic E-state index is -0.711. The fourth-order valence-electron chi connectivity index (χ4n) is 2.53. The maximum Gasteiger partial charge on any atom is 0.145 e. The lowest BCUT2D eigenvalue weighted by Gasteiger charge is -2.32.